The number of hydrogen-bond donors (Lipinski definition) is 0. The third-order valence-corrected chi connectivity index (χ3v) is 6.39. The monoisotopic (exact) mass is 280 g/mol. The number of carbonyl (C=O) groups is 2. The molecule has 1 aliphatic heterocycles. The molecule has 0 N–H and O–H groups in total. The van der Waals surface area contributed by atoms with Gasteiger partial charge >= 0.3 is 11.9 Å². The van der Waals surface area contributed by atoms with E-state index in [1.807, 2.05) is 27.7 Å². The summed E-state index contributed by atoms with van der Waals surface area (Å²) in [6.45, 7) is 9.89. The van der Waals surface area contributed by atoms with E-state index in [2.05, 4.69) is 6.92 Å². The first-order valence-corrected chi connectivity index (χ1v) is 7.65. The van der Waals surface area contributed by atoms with E-state index < -0.39 is 5.41 Å². The Morgan fingerprint density at radius 1 is 1.50 bits per heavy atom. The SMILES string of the molecule is CCC(C)(C)C(=O)OC1C2CC3C1OC(=O)C3(C)C2C. The Labute approximate surface area is 120 Å². The summed E-state index contributed by atoms with van der Waals surface area (Å²) in [5, 5.41) is 0. The average Bonchev–Trinajstić information content (AvgIpc) is 2.94. The minimum atomic E-state index is -0.475. The number of carbonyl (C=O) groups excluding carboxylic acids is 2. The molecular weight excluding hydrogens is 256 g/mol. The average molecular weight is 280 g/mol. The van der Waals surface area contributed by atoms with Crippen LogP contribution in [0.2, 0.25) is 0 Å². The first-order valence-electron chi connectivity index (χ1n) is 7.65. The molecule has 6 unspecified atom stereocenters. The summed E-state index contributed by atoms with van der Waals surface area (Å²) in [6, 6.07) is 0. The van der Waals surface area contributed by atoms with Gasteiger partial charge in [0.05, 0.1) is 10.8 Å². The van der Waals surface area contributed by atoms with Gasteiger partial charge in [-0.25, -0.2) is 0 Å². The van der Waals surface area contributed by atoms with Gasteiger partial charge in [0.2, 0.25) is 0 Å². The molecule has 3 aliphatic rings. The van der Waals surface area contributed by atoms with E-state index >= 15 is 0 Å². The van der Waals surface area contributed by atoms with E-state index in [9.17, 15) is 9.59 Å². The van der Waals surface area contributed by atoms with Gasteiger partial charge in [-0.15, -0.1) is 0 Å². The molecule has 3 fully saturated rings. The number of esters is 2. The van der Waals surface area contributed by atoms with Crippen molar-refractivity contribution in [3.63, 3.8) is 0 Å². The van der Waals surface area contributed by atoms with Crippen molar-refractivity contribution in [2.75, 3.05) is 0 Å². The fraction of sp³-hybridized carbons (Fsp3) is 0.875. The smallest absolute Gasteiger partial charge is 0.312 e. The van der Waals surface area contributed by atoms with Crippen molar-refractivity contribution < 1.29 is 19.1 Å². The van der Waals surface area contributed by atoms with Gasteiger partial charge in [-0.05, 0) is 39.5 Å². The number of hydrogen-bond acceptors (Lipinski definition) is 4. The molecule has 1 saturated heterocycles. The lowest BCUT2D eigenvalue weighted by Gasteiger charge is -2.36. The van der Waals surface area contributed by atoms with Crippen LogP contribution in [0, 0.1) is 28.6 Å². The summed E-state index contributed by atoms with van der Waals surface area (Å²) in [6.07, 6.45) is 1.22. The fourth-order valence-corrected chi connectivity index (χ4v) is 4.21. The van der Waals surface area contributed by atoms with Crippen molar-refractivity contribution in [1.82, 2.24) is 0 Å². The second kappa shape index (κ2) is 3.99. The Morgan fingerprint density at radius 3 is 2.75 bits per heavy atom. The maximum absolute atomic E-state index is 12.3. The van der Waals surface area contributed by atoms with Crippen LogP contribution >= 0.6 is 0 Å². The van der Waals surface area contributed by atoms with Crippen LogP contribution in [0.5, 0.6) is 0 Å². The second-order valence-corrected chi connectivity index (χ2v) is 7.55. The van der Waals surface area contributed by atoms with E-state index in [1.54, 1.807) is 0 Å². The molecule has 0 aromatic rings. The van der Waals surface area contributed by atoms with Crippen LogP contribution in [0.25, 0.3) is 0 Å². The van der Waals surface area contributed by atoms with Crippen molar-refractivity contribution in [3.05, 3.63) is 0 Å². The van der Waals surface area contributed by atoms with Gasteiger partial charge < -0.3 is 9.47 Å². The molecule has 0 aromatic heterocycles. The van der Waals surface area contributed by atoms with Crippen LogP contribution < -0.4 is 0 Å². The van der Waals surface area contributed by atoms with Gasteiger partial charge in [0.15, 0.2) is 0 Å². The molecule has 20 heavy (non-hydrogen) atoms. The highest BCUT2D eigenvalue weighted by atomic mass is 16.6. The molecule has 0 spiro atoms. The van der Waals surface area contributed by atoms with Crippen molar-refractivity contribution in [3.8, 4) is 0 Å². The standard InChI is InChI=1S/C16H24O4/c1-6-15(3,4)13(17)19-11-9-7-10-12(11)20-14(18)16(10,5)8(9)2/h8-12H,6-7H2,1-5H3. The Balaban J connectivity index is 1.82. The zero-order chi connectivity index (χ0) is 14.9. The van der Waals surface area contributed by atoms with Crippen LogP contribution in [0.4, 0.5) is 0 Å². The van der Waals surface area contributed by atoms with E-state index in [0.29, 0.717) is 0 Å². The number of fused-ring (bicyclic) bond motifs is 1. The van der Waals surface area contributed by atoms with Gasteiger partial charge in [-0.3, -0.25) is 9.59 Å². The predicted molar refractivity (Wildman–Crippen MR) is 72.7 cm³/mol. The van der Waals surface area contributed by atoms with E-state index in [4.69, 9.17) is 9.47 Å². The molecule has 4 heteroatoms. The van der Waals surface area contributed by atoms with Crippen LogP contribution in [-0.2, 0) is 19.1 Å². The zero-order valence-electron chi connectivity index (χ0n) is 12.9. The lowest BCUT2D eigenvalue weighted by molar-refractivity contribution is -0.171. The number of ether oxygens (including phenoxy) is 2. The Kier molecular flexibility index (Phi) is 2.77. The minimum Gasteiger partial charge on any atom is -0.458 e. The first-order chi connectivity index (χ1) is 9.23. The highest BCUT2D eigenvalue weighted by Gasteiger charge is 2.72. The third-order valence-electron chi connectivity index (χ3n) is 6.39. The molecule has 2 saturated carbocycles. The van der Waals surface area contributed by atoms with Gasteiger partial charge in [-0.2, -0.15) is 0 Å². The van der Waals surface area contributed by atoms with E-state index in [0.717, 1.165) is 12.8 Å². The lowest BCUT2D eigenvalue weighted by Crippen LogP contribution is -2.45. The van der Waals surface area contributed by atoms with Gasteiger partial charge in [0.1, 0.15) is 12.2 Å². The Hall–Kier alpha value is -1.06. The molecular formula is C16H24O4. The highest BCUT2D eigenvalue weighted by Crippen LogP contribution is 2.65. The number of rotatable bonds is 3. The van der Waals surface area contributed by atoms with E-state index in [1.165, 1.54) is 0 Å². The van der Waals surface area contributed by atoms with Gasteiger partial charge in [0.25, 0.3) is 0 Å². The maximum Gasteiger partial charge on any atom is 0.312 e. The molecule has 6 atom stereocenters. The molecule has 0 radical (unpaired) electrons. The molecule has 3 rings (SSSR count). The predicted octanol–water partition coefficient (Wildman–Crippen LogP) is 2.55. The van der Waals surface area contributed by atoms with Crippen LogP contribution in [0.3, 0.4) is 0 Å². The molecule has 0 amide bonds. The molecule has 4 nitrogen and oxygen atoms in total. The lowest BCUT2D eigenvalue weighted by atomic mass is 9.68. The summed E-state index contributed by atoms with van der Waals surface area (Å²) >= 11 is 0. The highest BCUT2D eigenvalue weighted by molar-refractivity contribution is 5.82. The Morgan fingerprint density at radius 2 is 2.15 bits per heavy atom. The van der Waals surface area contributed by atoms with Gasteiger partial charge in [0, 0.05) is 11.8 Å². The molecule has 1 heterocycles. The minimum absolute atomic E-state index is 0.101. The summed E-state index contributed by atoms with van der Waals surface area (Å²) in [4.78, 5) is 24.5. The van der Waals surface area contributed by atoms with E-state index in [-0.39, 0.29) is 47.3 Å². The van der Waals surface area contributed by atoms with Crippen LogP contribution in [0.15, 0.2) is 0 Å². The first kappa shape index (κ1) is 13.9. The molecule has 2 aliphatic carbocycles. The maximum atomic E-state index is 12.3. The third kappa shape index (κ3) is 1.48. The van der Waals surface area contributed by atoms with Crippen molar-refractivity contribution in [1.29, 1.82) is 0 Å². The second-order valence-electron chi connectivity index (χ2n) is 7.55. The van der Waals surface area contributed by atoms with Crippen molar-refractivity contribution in [2.24, 2.45) is 28.6 Å². The summed E-state index contributed by atoms with van der Waals surface area (Å²) in [5.74, 6) is 0.432. The largest absolute Gasteiger partial charge is 0.458 e. The quantitative estimate of drug-likeness (QED) is 0.746. The Bertz CT molecular complexity index is 469. The van der Waals surface area contributed by atoms with Crippen LogP contribution in [0.1, 0.15) is 47.5 Å². The van der Waals surface area contributed by atoms with Gasteiger partial charge in [-0.1, -0.05) is 13.8 Å². The fourth-order valence-electron chi connectivity index (χ4n) is 4.21. The summed E-state index contributed by atoms with van der Waals surface area (Å²) < 4.78 is 11.3. The molecule has 0 aromatic carbocycles. The molecule has 2 bridgehead atoms. The summed E-state index contributed by atoms with van der Waals surface area (Å²) in [7, 11) is 0. The van der Waals surface area contributed by atoms with Crippen LogP contribution in [-0.4, -0.2) is 24.1 Å². The molecule has 112 valence electrons. The van der Waals surface area contributed by atoms with Crippen molar-refractivity contribution in [2.45, 2.75) is 59.7 Å². The normalized spacial score (nSPS) is 45.6. The zero-order valence-corrected chi connectivity index (χ0v) is 12.9. The van der Waals surface area contributed by atoms with Crippen molar-refractivity contribution >= 4 is 11.9 Å². The topological polar surface area (TPSA) is 52.6 Å². The summed E-state index contributed by atoms with van der Waals surface area (Å²) in [5.41, 5.74) is -0.838.